The topological polar surface area (TPSA) is 71.6 Å². The van der Waals surface area contributed by atoms with Gasteiger partial charge in [-0.15, -0.1) is 0 Å². The molecule has 1 heterocycles. The molecule has 1 aromatic heterocycles. The second-order valence-electron chi connectivity index (χ2n) is 5.40. The summed E-state index contributed by atoms with van der Waals surface area (Å²) in [5.74, 6) is 0.346. The SMILES string of the molecule is CCN(CC)c1ccc(/C=N/Nc2cc(=O)n(C)c(=O)n2C)cc1. The zero-order chi connectivity index (χ0) is 17.7. The van der Waals surface area contributed by atoms with Gasteiger partial charge in [-0.3, -0.25) is 19.4 Å². The van der Waals surface area contributed by atoms with E-state index in [1.165, 1.54) is 23.4 Å². The van der Waals surface area contributed by atoms with Gasteiger partial charge >= 0.3 is 5.69 Å². The van der Waals surface area contributed by atoms with E-state index in [1.807, 2.05) is 24.3 Å². The van der Waals surface area contributed by atoms with Gasteiger partial charge in [0.05, 0.1) is 6.21 Å². The second-order valence-corrected chi connectivity index (χ2v) is 5.40. The van der Waals surface area contributed by atoms with Crippen LogP contribution in [-0.4, -0.2) is 28.4 Å². The summed E-state index contributed by atoms with van der Waals surface area (Å²) in [6, 6.07) is 9.37. The number of rotatable bonds is 6. The number of hydrazone groups is 1. The summed E-state index contributed by atoms with van der Waals surface area (Å²) in [4.78, 5) is 25.7. The van der Waals surface area contributed by atoms with Gasteiger partial charge < -0.3 is 4.90 Å². The van der Waals surface area contributed by atoms with Gasteiger partial charge in [-0.05, 0) is 31.5 Å². The molecule has 7 heteroatoms. The first-order valence-electron chi connectivity index (χ1n) is 7.89. The molecule has 0 atom stereocenters. The Morgan fingerprint density at radius 2 is 1.71 bits per heavy atom. The molecule has 128 valence electrons. The summed E-state index contributed by atoms with van der Waals surface area (Å²) in [6.45, 7) is 6.17. The summed E-state index contributed by atoms with van der Waals surface area (Å²) >= 11 is 0. The Kier molecular flexibility index (Phi) is 5.57. The fraction of sp³-hybridized carbons (Fsp3) is 0.353. The largest absolute Gasteiger partial charge is 0.372 e. The Bertz CT molecular complexity index is 830. The molecule has 0 spiro atoms. The Balaban J connectivity index is 2.13. The van der Waals surface area contributed by atoms with Gasteiger partial charge in [0.2, 0.25) is 0 Å². The first-order valence-corrected chi connectivity index (χ1v) is 7.89. The van der Waals surface area contributed by atoms with E-state index in [2.05, 4.69) is 29.3 Å². The van der Waals surface area contributed by atoms with Crippen molar-refractivity contribution in [2.45, 2.75) is 13.8 Å². The lowest BCUT2D eigenvalue weighted by Crippen LogP contribution is -2.37. The van der Waals surface area contributed by atoms with Crippen molar-refractivity contribution in [3.05, 3.63) is 56.7 Å². The summed E-state index contributed by atoms with van der Waals surface area (Å²) in [5, 5.41) is 4.10. The van der Waals surface area contributed by atoms with Crippen molar-refractivity contribution < 1.29 is 0 Å². The monoisotopic (exact) mass is 329 g/mol. The maximum Gasteiger partial charge on any atom is 0.332 e. The van der Waals surface area contributed by atoms with Crippen LogP contribution >= 0.6 is 0 Å². The van der Waals surface area contributed by atoms with Crippen molar-refractivity contribution in [2.24, 2.45) is 19.2 Å². The molecule has 0 aliphatic rings. The minimum atomic E-state index is -0.399. The van der Waals surface area contributed by atoms with Crippen LogP contribution in [0.5, 0.6) is 0 Å². The average Bonchev–Trinajstić information content (AvgIpc) is 2.60. The van der Waals surface area contributed by atoms with E-state index in [9.17, 15) is 9.59 Å². The Morgan fingerprint density at radius 3 is 2.29 bits per heavy atom. The van der Waals surface area contributed by atoms with E-state index in [4.69, 9.17) is 0 Å². The Labute approximate surface area is 140 Å². The normalized spacial score (nSPS) is 11.0. The van der Waals surface area contributed by atoms with E-state index in [0.717, 1.165) is 23.2 Å². The third-order valence-corrected chi connectivity index (χ3v) is 3.94. The van der Waals surface area contributed by atoms with Crippen molar-refractivity contribution >= 4 is 17.7 Å². The molecule has 1 N–H and O–H groups in total. The quantitative estimate of drug-likeness (QED) is 0.642. The fourth-order valence-corrected chi connectivity index (χ4v) is 2.37. The first-order chi connectivity index (χ1) is 11.5. The van der Waals surface area contributed by atoms with Crippen LogP contribution in [0.3, 0.4) is 0 Å². The van der Waals surface area contributed by atoms with E-state index < -0.39 is 5.69 Å². The van der Waals surface area contributed by atoms with Crippen LogP contribution in [0, 0.1) is 0 Å². The molecule has 0 aliphatic heterocycles. The molecule has 7 nitrogen and oxygen atoms in total. The van der Waals surface area contributed by atoms with Crippen molar-refractivity contribution in [1.82, 2.24) is 9.13 Å². The van der Waals surface area contributed by atoms with E-state index >= 15 is 0 Å². The third kappa shape index (κ3) is 3.73. The standard InChI is InChI=1S/C17H23N5O2/c1-5-22(6-2)14-9-7-13(8-10-14)12-18-19-15-11-16(23)21(4)17(24)20(15)3/h7-12,19H,5-6H2,1-4H3/b18-12+. The lowest BCUT2D eigenvalue weighted by atomic mass is 10.2. The number of aromatic nitrogens is 2. The van der Waals surface area contributed by atoms with Gasteiger partial charge in [0.25, 0.3) is 5.56 Å². The highest BCUT2D eigenvalue weighted by atomic mass is 16.2. The maximum absolute atomic E-state index is 11.8. The molecule has 2 rings (SSSR count). The van der Waals surface area contributed by atoms with Crippen LogP contribution in [0.1, 0.15) is 19.4 Å². The number of nitrogens with zero attached hydrogens (tertiary/aromatic N) is 4. The molecule has 0 radical (unpaired) electrons. The molecule has 0 fully saturated rings. The molecular weight excluding hydrogens is 306 g/mol. The van der Waals surface area contributed by atoms with E-state index in [-0.39, 0.29) is 5.56 Å². The average molecular weight is 329 g/mol. The maximum atomic E-state index is 11.8. The Hall–Kier alpha value is -2.83. The third-order valence-electron chi connectivity index (χ3n) is 3.94. The predicted octanol–water partition coefficient (Wildman–Crippen LogP) is 1.38. The summed E-state index contributed by atoms with van der Waals surface area (Å²) in [6.07, 6.45) is 1.65. The van der Waals surface area contributed by atoms with Gasteiger partial charge in [-0.1, -0.05) is 12.1 Å². The molecule has 0 amide bonds. The van der Waals surface area contributed by atoms with Crippen LogP contribution in [0.2, 0.25) is 0 Å². The van der Waals surface area contributed by atoms with E-state index in [0.29, 0.717) is 5.82 Å². The fourth-order valence-electron chi connectivity index (χ4n) is 2.37. The molecule has 1 aromatic carbocycles. The minimum absolute atomic E-state index is 0.346. The Morgan fingerprint density at radius 1 is 1.08 bits per heavy atom. The highest BCUT2D eigenvalue weighted by Gasteiger charge is 2.04. The summed E-state index contributed by atoms with van der Waals surface area (Å²) < 4.78 is 2.38. The van der Waals surface area contributed by atoms with Gasteiger partial charge in [0.1, 0.15) is 5.82 Å². The molecule has 24 heavy (non-hydrogen) atoms. The van der Waals surface area contributed by atoms with Crippen molar-refractivity contribution in [3.63, 3.8) is 0 Å². The van der Waals surface area contributed by atoms with Crippen LogP contribution in [0.15, 0.2) is 45.0 Å². The zero-order valence-corrected chi connectivity index (χ0v) is 14.5. The van der Waals surface area contributed by atoms with Gasteiger partial charge in [0.15, 0.2) is 0 Å². The van der Waals surface area contributed by atoms with Crippen LogP contribution in [0.25, 0.3) is 0 Å². The van der Waals surface area contributed by atoms with Crippen molar-refractivity contribution in [1.29, 1.82) is 0 Å². The summed E-state index contributed by atoms with van der Waals surface area (Å²) in [7, 11) is 3.02. The number of benzene rings is 1. The lowest BCUT2D eigenvalue weighted by molar-refractivity contribution is 0.690. The summed E-state index contributed by atoms with van der Waals surface area (Å²) in [5.41, 5.74) is 4.05. The van der Waals surface area contributed by atoms with Crippen molar-refractivity contribution in [3.8, 4) is 0 Å². The van der Waals surface area contributed by atoms with Gasteiger partial charge in [0, 0.05) is 38.9 Å². The molecule has 0 saturated heterocycles. The zero-order valence-electron chi connectivity index (χ0n) is 14.5. The van der Waals surface area contributed by atoms with Crippen molar-refractivity contribution in [2.75, 3.05) is 23.4 Å². The predicted molar refractivity (Wildman–Crippen MR) is 98.1 cm³/mol. The molecule has 0 aliphatic carbocycles. The van der Waals surface area contributed by atoms with Gasteiger partial charge in [-0.2, -0.15) is 5.10 Å². The van der Waals surface area contributed by atoms with E-state index in [1.54, 1.807) is 13.3 Å². The first kappa shape index (κ1) is 17.5. The second kappa shape index (κ2) is 7.63. The number of hydrogen-bond acceptors (Lipinski definition) is 5. The highest BCUT2D eigenvalue weighted by Crippen LogP contribution is 2.14. The molecule has 0 saturated carbocycles. The minimum Gasteiger partial charge on any atom is -0.372 e. The number of anilines is 2. The molecule has 0 unspecified atom stereocenters. The molecule has 2 aromatic rings. The lowest BCUT2D eigenvalue weighted by Gasteiger charge is -2.20. The smallest absolute Gasteiger partial charge is 0.332 e. The van der Waals surface area contributed by atoms with Crippen LogP contribution < -0.4 is 21.6 Å². The number of nitrogens with one attached hydrogen (secondary N) is 1. The van der Waals surface area contributed by atoms with Crippen LogP contribution in [0.4, 0.5) is 11.5 Å². The molecule has 0 bridgehead atoms. The molecular formula is C17H23N5O2. The van der Waals surface area contributed by atoms with Crippen LogP contribution in [-0.2, 0) is 14.1 Å². The van der Waals surface area contributed by atoms with Gasteiger partial charge in [-0.25, -0.2) is 4.79 Å². The number of hydrogen-bond donors (Lipinski definition) is 1. The highest BCUT2D eigenvalue weighted by molar-refractivity contribution is 5.80.